The highest BCUT2D eigenvalue weighted by atomic mass is 79.9. The van der Waals surface area contributed by atoms with Gasteiger partial charge in [-0.25, -0.2) is 0 Å². The normalized spacial score (nSPS) is 24.0. The lowest BCUT2D eigenvalue weighted by atomic mass is 9.70. The van der Waals surface area contributed by atoms with E-state index in [4.69, 9.17) is 43.7 Å². The van der Waals surface area contributed by atoms with Crippen molar-refractivity contribution in [1.29, 1.82) is 0 Å². The van der Waals surface area contributed by atoms with Crippen LogP contribution in [-0.2, 0) is 61.9 Å². The molecule has 2 heterocycles. The molecule has 0 bridgehead atoms. The van der Waals surface area contributed by atoms with Gasteiger partial charge in [0, 0.05) is 22.3 Å². The summed E-state index contributed by atoms with van der Waals surface area (Å²) < 4.78 is 89.5. The second-order valence-corrected chi connectivity index (χ2v) is 21.1. The topological polar surface area (TPSA) is 187 Å². The van der Waals surface area contributed by atoms with Crippen molar-refractivity contribution in [2.75, 3.05) is 13.2 Å². The van der Waals surface area contributed by atoms with Crippen LogP contribution in [0.2, 0.25) is 5.02 Å². The smallest absolute Gasteiger partial charge is 0.308 e. The van der Waals surface area contributed by atoms with Crippen molar-refractivity contribution in [3.8, 4) is 0 Å². The van der Waals surface area contributed by atoms with Crippen molar-refractivity contribution in [2.24, 2.45) is 5.41 Å². The minimum Gasteiger partial charge on any atom is -0.481 e. The fraction of sp³-hybridized carbons (Fsp3) is 0.632. The van der Waals surface area contributed by atoms with Crippen LogP contribution in [0.3, 0.4) is 0 Å². The fourth-order valence-corrected chi connectivity index (χ4v) is 8.47. The molecule has 2 aliphatic rings. The van der Waals surface area contributed by atoms with E-state index in [9.17, 15) is 31.5 Å². The van der Waals surface area contributed by atoms with E-state index >= 15 is 0 Å². The Labute approximate surface area is 344 Å². The number of benzene rings is 2. The first-order valence-corrected chi connectivity index (χ1v) is 21.9. The highest BCUT2D eigenvalue weighted by molar-refractivity contribution is 9.10. The molecule has 0 saturated carbocycles. The first kappa shape index (κ1) is 48.2. The largest absolute Gasteiger partial charge is 0.481 e. The predicted octanol–water partition coefficient (Wildman–Crippen LogP) is 7.64. The summed E-state index contributed by atoms with van der Waals surface area (Å²) in [5.74, 6) is -3.45. The molecule has 2 fully saturated rings. The van der Waals surface area contributed by atoms with Gasteiger partial charge in [-0.3, -0.25) is 18.0 Å². The standard InChI is InChI=1S/C19H27BrO7S.C19H27ClO7S/c1-18(2,3)27-17(21)11-14-10-15(26-19(4,5)25-14)12-24-28(22,23)16-8-6-13(20)7-9-16;1-17(2,3)19(11-16(21)22)10-14(26-18(4,5)27-19)12-25-28(23,24)15-8-6-13(20)7-9-15/h6-9,14-15H,10-12H2,1-5H3;6-9,14H,10-12H2,1-5H3,(H,21,22)/t;14-,19+/m.0/s1. The summed E-state index contributed by atoms with van der Waals surface area (Å²) in [5, 5.41) is 9.84. The number of carbonyl (C=O) groups is 2. The van der Waals surface area contributed by atoms with E-state index in [-0.39, 0.29) is 48.2 Å². The number of esters is 1. The molecule has 0 aromatic heterocycles. The van der Waals surface area contributed by atoms with Crippen LogP contribution in [0, 0.1) is 5.41 Å². The van der Waals surface area contributed by atoms with Gasteiger partial charge in [0.25, 0.3) is 20.2 Å². The molecule has 1 N–H and O–H groups in total. The lowest BCUT2D eigenvalue weighted by Gasteiger charge is -2.53. The number of rotatable bonds is 12. The minimum atomic E-state index is -4.01. The van der Waals surface area contributed by atoms with Gasteiger partial charge in [0.15, 0.2) is 11.6 Å². The second kappa shape index (κ2) is 18.4. The molecule has 0 aliphatic carbocycles. The molecule has 0 amide bonds. The average molecular weight is 914 g/mol. The molecule has 2 aliphatic heterocycles. The van der Waals surface area contributed by atoms with E-state index < -0.39 is 72.7 Å². The van der Waals surface area contributed by atoms with E-state index in [0.29, 0.717) is 11.4 Å². The number of aliphatic carboxylic acids is 1. The average Bonchev–Trinajstić information content (AvgIpc) is 3.00. The van der Waals surface area contributed by atoms with Crippen molar-refractivity contribution in [3.63, 3.8) is 0 Å². The van der Waals surface area contributed by atoms with Gasteiger partial charge in [-0.2, -0.15) is 16.8 Å². The molecule has 18 heteroatoms. The first-order valence-electron chi connectivity index (χ1n) is 17.9. The van der Waals surface area contributed by atoms with Crippen molar-refractivity contribution < 1.29 is 63.6 Å². The summed E-state index contributed by atoms with van der Waals surface area (Å²) >= 11 is 9.05. The molecule has 0 radical (unpaired) electrons. The summed E-state index contributed by atoms with van der Waals surface area (Å²) in [5.41, 5.74) is -2.16. The molecule has 0 spiro atoms. The monoisotopic (exact) mass is 912 g/mol. The molecule has 4 atom stereocenters. The molecule has 14 nitrogen and oxygen atoms in total. The van der Waals surface area contributed by atoms with Gasteiger partial charge in [0.1, 0.15) is 5.60 Å². The van der Waals surface area contributed by atoms with Crippen LogP contribution < -0.4 is 0 Å². The summed E-state index contributed by atoms with van der Waals surface area (Å²) in [6.45, 7) is 17.4. The molecule has 2 unspecified atom stereocenters. The third kappa shape index (κ3) is 14.9. The molecule has 2 aromatic rings. The number of carbonyl (C=O) groups excluding carboxylic acids is 1. The summed E-state index contributed by atoms with van der Waals surface area (Å²) in [6.07, 6.45) is -1.33. The lowest BCUT2D eigenvalue weighted by Crippen LogP contribution is -2.60. The first-order chi connectivity index (χ1) is 25.4. The van der Waals surface area contributed by atoms with Crippen LogP contribution in [0.4, 0.5) is 0 Å². The fourth-order valence-electron chi connectivity index (χ4n) is 6.20. The molecule has 2 aromatic carbocycles. The number of carboxylic acids is 1. The van der Waals surface area contributed by atoms with Gasteiger partial charge in [0.2, 0.25) is 0 Å². The maximum atomic E-state index is 12.4. The molecule has 4 rings (SSSR count). The highest BCUT2D eigenvalue weighted by Gasteiger charge is 2.54. The molecule has 56 heavy (non-hydrogen) atoms. The quantitative estimate of drug-likeness (QED) is 0.162. The van der Waals surface area contributed by atoms with Crippen molar-refractivity contribution in [1.82, 2.24) is 0 Å². The van der Waals surface area contributed by atoms with Gasteiger partial charge < -0.3 is 28.8 Å². The van der Waals surface area contributed by atoms with Crippen LogP contribution in [-0.4, -0.2) is 88.2 Å². The van der Waals surface area contributed by atoms with Crippen LogP contribution in [0.1, 0.15) is 94.9 Å². The van der Waals surface area contributed by atoms with Gasteiger partial charge in [-0.1, -0.05) is 48.3 Å². The lowest BCUT2D eigenvalue weighted by molar-refractivity contribution is -0.356. The van der Waals surface area contributed by atoms with E-state index in [0.717, 1.165) is 4.47 Å². The van der Waals surface area contributed by atoms with Gasteiger partial charge in [-0.15, -0.1) is 0 Å². The van der Waals surface area contributed by atoms with Crippen LogP contribution in [0.15, 0.2) is 62.8 Å². The van der Waals surface area contributed by atoms with Gasteiger partial charge >= 0.3 is 11.9 Å². The number of hydrogen-bond acceptors (Lipinski definition) is 13. The van der Waals surface area contributed by atoms with Gasteiger partial charge in [0.05, 0.1) is 59.8 Å². The molecule has 2 saturated heterocycles. The Kier molecular flexibility index (Phi) is 15.8. The number of carboxylic acid groups (broad SMARTS) is 1. The van der Waals surface area contributed by atoms with Crippen molar-refractivity contribution in [2.45, 2.75) is 146 Å². The van der Waals surface area contributed by atoms with Gasteiger partial charge in [-0.05, 0) is 102 Å². The highest BCUT2D eigenvalue weighted by Crippen LogP contribution is 2.47. The Hall–Kier alpha value is -2.19. The Morgan fingerprint density at radius 2 is 1.25 bits per heavy atom. The number of ether oxygens (including phenoxy) is 5. The van der Waals surface area contributed by atoms with Crippen LogP contribution in [0.5, 0.6) is 0 Å². The summed E-state index contributed by atoms with van der Waals surface area (Å²) in [4.78, 5) is 23.7. The number of hydrogen-bond donors (Lipinski definition) is 1. The maximum absolute atomic E-state index is 12.4. The van der Waals surface area contributed by atoms with Crippen molar-refractivity contribution in [3.05, 3.63) is 58.0 Å². The van der Waals surface area contributed by atoms with Crippen LogP contribution >= 0.6 is 27.5 Å². The van der Waals surface area contributed by atoms with E-state index in [2.05, 4.69) is 15.9 Å². The molecular formula is C38H54BrClO14S2. The maximum Gasteiger partial charge on any atom is 0.308 e. The SMILES string of the molecule is CC(C)(C)OC(=O)CC1CC(COS(=O)(=O)c2ccc(Br)cc2)OC(C)(C)O1.CC1(C)O[C@H](COS(=O)(=O)c2ccc(Cl)cc2)C[C@@](CC(=O)O)(C(C)(C)C)O1. The Morgan fingerprint density at radius 3 is 1.73 bits per heavy atom. The van der Waals surface area contributed by atoms with E-state index in [1.807, 2.05) is 20.8 Å². The number of halogens is 2. The second-order valence-electron chi connectivity index (χ2n) is 16.6. The zero-order valence-electron chi connectivity index (χ0n) is 33.4. The summed E-state index contributed by atoms with van der Waals surface area (Å²) in [6, 6.07) is 11.8. The Morgan fingerprint density at radius 1 is 0.786 bits per heavy atom. The summed E-state index contributed by atoms with van der Waals surface area (Å²) in [7, 11) is -7.92. The zero-order valence-corrected chi connectivity index (χ0v) is 37.4. The zero-order chi connectivity index (χ0) is 42.5. The Balaban J connectivity index is 0.000000300. The van der Waals surface area contributed by atoms with Crippen molar-refractivity contribution >= 4 is 59.7 Å². The van der Waals surface area contributed by atoms with E-state index in [1.165, 1.54) is 36.4 Å². The molecule has 316 valence electrons. The third-order valence-corrected chi connectivity index (χ3v) is 11.9. The van der Waals surface area contributed by atoms with E-state index in [1.54, 1.807) is 60.6 Å². The molecular weight excluding hydrogens is 860 g/mol. The predicted molar refractivity (Wildman–Crippen MR) is 210 cm³/mol. The van der Waals surface area contributed by atoms with Crippen LogP contribution in [0.25, 0.3) is 0 Å². The Bertz CT molecular complexity index is 1870. The third-order valence-electron chi connectivity index (χ3n) is 8.52. The minimum absolute atomic E-state index is 0.0177.